The second-order valence-corrected chi connectivity index (χ2v) is 8.95. The Morgan fingerprint density at radius 3 is 2.67 bits per heavy atom. The third-order valence-electron chi connectivity index (χ3n) is 6.65. The molecule has 0 saturated carbocycles. The van der Waals surface area contributed by atoms with Gasteiger partial charge in [-0.05, 0) is 48.1 Å². The molecule has 36 heavy (non-hydrogen) atoms. The molecule has 2 heterocycles. The summed E-state index contributed by atoms with van der Waals surface area (Å²) in [6, 6.07) is 15.8. The number of nitrogens with one attached hydrogen (secondary N) is 1. The van der Waals surface area contributed by atoms with Gasteiger partial charge in [-0.2, -0.15) is 5.10 Å². The van der Waals surface area contributed by atoms with Gasteiger partial charge in [-0.15, -0.1) is 0 Å². The molecule has 1 atom stereocenters. The zero-order valence-electron chi connectivity index (χ0n) is 19.9. The summed E-state index contributed by atoms with van der Waals surface area (Å²) in [7, 11) is 1.69. The van der Waals surface area contributed by atoms with Crippen molar-refractivity contribution in [2.24, 2.45) is 0 Å². The highest BCUT2D eigenvalue weighted by Gasteiger charge is 2.29. The number of carbonyl (C=O) groups is 3. The lowest BCUT2D eigenvalue weighted by molar-refractivity contribution is 0.0694. The second kappa shape index (κ2) is 9.26. The minimum absolute atomic E-state index is 0.153. The minimum Gasteiger partial charge on any atom is -0.478 e. The van der Waals surface area contributed by atoms with Crippen LogP contribution in [0.25, 0.3) is 5.65 Å². The first-order valence-corrected chi connectivity index (χ1v) is 11.6. The van der Waals surface area contributed by atoms with Crippen molar-refractivity contribution in [1.29, 1.82) is 0 Å². The molecule has 4 aromatic rings. The van der Waals surface area contributed by atoms with Gasteiger partial charge in [0.2, 0.25) is 0 Å². The normalized spacial score (nSPS) is 14.4. The summed E-state index contributed by atoms with van der Waals surface area (Å²) in [4.78, 5) is 44.0. The van der Waals surface area contributed by atoms with E-state index in [0.29, 0.717) is 25.0 Å². The number of nitrogens with zero attached hydrogens (tertiary/aromatic N) is 4. The minimum atomic E-state index is -0.963. The van der Waals surface area contributed by atoms with Crippen LogP contribution in [-0.4, -0.2) is 49.4 Å². The standard InChI is InChI=1S/C27H25N5O4/c1-16-18-10-11-21(20(18)9-8-19(16)27(35)36)30-25(33)23-14-22(29-24-12-13-28-32(23)24)26(34)31(2)15-17-6-4-3-5-7-17/h3-9,12-14,21H,10-11,15H2,1-2H3,(H,30,33)(H,35,36)/t21-/m0/s1. The monoisotopic (exact) mass is 483 g/mol. The molecule has 0 spiro atoms. The summed E-state index contributed by atoms with van der Waals surface area (Å²) in [6.07, 6.45) is 2.86. The number of benzene rings is 2. The molecule has 2 aromatic heterocycles. The number of fused-ring (bicyclic) bond motifs is 2. The van der Waals surface area contributed by atoms with Crippen molar-refractivity contribution in [1.82, 2.24) is 24.8 Å². The Balaban J connectivity index is 1.41. The lowest BCUT2D eigenvalue weighted by Crippen LogP contribution is -2.31. The van der Waals surface area contributed by atoms with Crippen molar-refractivity contribution in [3.05, 3.63) is 100.0 Å². The molecule has 9 heteroatoms. The number of hydrogen-bond donors (Lipinski definition) is 2. The van der Waals surface area contributed by atoms with Crippen molar-refractivity contribution in [3.63, 3.8) is 0 Å². The van der Waals surface area contributed by atoms with Gasteiger partial charge in [0.15, 0.2) is 5.65 Å². The van der Waals surface area contributed by atoms with E-state index in [4.69, 9.17) is 0 Å². The predicted octanol–water partition coefficient (Wildman–Crippen LogP) is 3.43. The molecule has 2 amide bonds. The van der Waals surface area contributed by atoms with E-state index in [2.05, 4.69) is 15.4 Å². The van der Waals surface area contributed by atoms with Gasteiger partial charge in [-0.3, -0.25) is 9.59 Å². The molecule has 1 aliphatic rings. The highest BCUT2D eigenvalue weighted by molar-refractivity contribution is 5.98. The maximum absolute atomic E-state index is 13.4. The van der Waals surface area contributed by atoms with Crippen LogP contribution in [0.2, 0.25) is 0 Å². The van der Waals surface area contributed by atoms with Crippen LogP contribution >= 0.6 is 0 Å². The summed E-state index contributed by atoms with van der Waals surface area (Å²) in [6.45, 7) is 2.20. The van der Waals surface area contributed by atoms with Gasteiger partial charge in [0.05, 0.1) is 17.8 Å². The van der Waals surface area contributed by atoms with Crippen LogP contribution in [0.15, 0.2) is 60.8 Å². The van der Waals surface area contributed by atoms with E-state index in [1.165, 1.54) is 16.8 Å². The number of rotatable bonds is 6. The molecule has 2 N–H and O–H groups in total. The van der Waals surface area contributed by atoms with E-state index >= 15 is 0 Å². The Morgan fingerprint density at radius 1 is 1.14 bits per heavy atom. The van der Waals surface area contributed by atoms with Crippen LogP contribution in [0.4, 0.5) is 0 Å². The number of carboxylic acid groups (broad SMARTS) is 1. The van der Waals surface area contributed by atoms with Gasteiger partial charge in [0.25, 0.3) is 11.8 Å². The Kier molecular flexibility index (Phi) is 5.97. The number of amides is 2. The Hall–Kier alpha value is -4.53. The third-order valence-corrected chi connectivity index (χ3v) is 6.65. The molecule has 0 saturated heterocycles. The molecular weight excluding hydrogens is 458 g/mol. The van der Waals surface area contributed by atoms with Gasteiger partial charge < -0.3 is 15.3 Å². The number of carbonyl (C=O) groups excluding carboxylic acids is 2. The van der Waals surface area contributed by atoms with Gasteiger partial charge >= 0.3 is 5.97 Å². The van der Waals surface area contributed by atoms with Crippen LogP contribution in [0, 0.1) is 6.92 Å². The number of aromatic carboxylic acids is 1. The smallest absolute Gasteiger partial charge is 0.335 e. The third kappa shape index (κ3) is 4.19. The van der Waals surface area contributed by atoms with Gasteiger partial charge in [0.1, 0.15) is 11.4 Å². The molecule has 0 fully saturated rings. The fourth-order valence-corrected chi connectivity index (χ4v) is 4.80. The van der Waals surface area contributed by atoms with E-state index in [9.17, 15) is 19.5 Å². The largest absolute Gasteiger partial charge is 0.478 e. The summed E-state index contributed by atoms with van der Waals surface area (Å²) in [5, 5.41) is 16.7. The van der Waals surface area contributed by atoms with Crippen LogP contribution in [0.1, 0.15) is 66.1 Å². The predicted molar refractivity (Wildman–Crippen MR) is 132 cm³/mol. The second-order valence-electron chi connectivity index (χ2n) is 8.95. The van der Waals surface area contributed by atoms with Crippen LogP contribution < -0.4 is 5.32 Å². The SMILES string of the molecule is Cc1c(C(=O)O)ccc2c1CC[C@@H]2NC(=O)c1cc(C(=O)N(C)Cc2ccccc2)nc2ccnn12. The fourth-order valence-electron chi connectivity index (χ4n) is 4.80. The Morgan fingerprint density at radius 2 is 1.92 bits per heavy atom. The first kappa shape index (κ1) is 23.2. The average molecular weight is 484 g/mol. The summed E-state index contributed by atoms with van der Waals surface area (Å²) >= 11 is 0. The molecule has 2 aromatic carbocycles. The molecule has 1 aliphatic carbocycles. The lowest BCUT2D eigenvalue weighted by atomic mass is 9.98. The van der Waals surface area contributed by atoms with E-state index in [1.807, 2.05) is 30.3 Å². The van der Waals surface area contributed by atoms with Crippen molar-refractivity contribution < 1.29 is 19.5 Å². The van der Waals surface area contributed by atoms with Crippen molar-refractivity contribution in [2.75, 3.05) is 7.05 Å². The molecule has 0 aliphatic heterocycles. The summed E-state index contributed by atoms with van der Waals surface area (Å²) in [5.41, 5.74) is 4.61. The average Bonchev–Trinajstić information content (AvgIpc) is 3.51. The van der Waals surface area contributed by atoms with Crippen molar-refractivity contribution >= 4 is 23.4 Å². The van der Waals surface area contributed by atoms with E-state index < -0.39 is 5.97 Å². The highest BCUT2D eigenvalue weighted by atomic mass is 16.4. The van der Waals surface area contributed by atoms with E-state index in [0.717, 1.165) is 22.3 Å². The maximum atomic E-state index is 13.4. The quantitative estimate of drug-likeness (QED) is 0.434. The Labute approximate surface area is 207 Å². The lowest BCUT2D eigenvalue weighted by Gasteiger charge is -2.18. The highest BCUT2D eigenvalue weighted by Crippen LogP contribution is 2.35. The van der Waals surface area contributed by atoms with Crippen molar-refractivity contribution in [3.8, 4) is 0 Å². The van der Waals surface area contributed by atoms with Gasteiger partial charge in [-0.1, -0.05) is 36.4 Å². The summed E-state index contributed by atoms with van der Waals surface area (Å²) in [5.74, 6) is -1.65. The van der Waals surface area contributed by atoms with Crippen LogP contribution in [0.3, 0.4) is 0 Å². The summed E-state index contributed by atoms with van der Waals surface area (Å²) < 4.78 is 1.41. The van der Waals surface area contributed by atoms with Gasteiger partial charge in [0, 0.05) is 25.7 Å². The molecule has 0 bridgehead atoms. The molecule has 0 radical (unpaired) electrons. The zero-order chi connectivity index (χ0) is 25.4. The Bertz CT molecular complexity index is 1500. The number of carboxylic acids is 1. The number of hydrogen-bond acceptors (Lipinski definition) is 5. The molecule has 0 unspecified atom stereocenters. The zero-order valence-corrected chi connectivity index (χ0v) is 19.9. The van der Waals surface area contributed by atoms with E-state index in [1.54, 1.807) is 37.1 Å². The van der Waals surface area contributed by atoms with Crippen LogP contribution in [-0.2, 0) is 13.0 Å². The molecule has 9 nitrogen and oxygen atoms in total. The van der Waals surface area contributed by atoms with Crippen molar-refractivity contribution in [2.45, 2.75) is 32.4 Å². The molecule has 5 rings (SSSR count). The first-order chi connectivity index (χ1) is 17.3. The molecule has 182 valence electrons. The topological polar surface area (TPSA) is 117 Å². The molecular formula is C27H25N5O4. The fraction of sp³-hybridized carbons (Fsp3) is 0.222. The van der Waals surface area contributed by atoms with Gasteiger partial charge in [-0.25, -0.2) is 14.3 Å². The van der Waals surface area contributed by atoms with E-state index in [-0.39, 0.29) is 34.8 Å². The first-order valence-electron chi connectivity index (χ1n) is 11.6. The van der Waals surface area contributed by atoms with Crippen LogP contribution in [0.5, 0.6) is 0 Å². The number of aromatic nitrogens is 3. The maximum Gasteiger partial charge on any atom is 0.335 e.